The van der Waals surface area contributed by atoms with Crippen LogP contribution in [-0.4, -0.2) is 5.21 Å². The maximum atomic E-state index is 8.11. The van der Waals surface area contributed by atoms with Crippen LogP contribution in [0.2, 0.25) is 0 Å². The van der Waals surface area contributed by atoms with Crippen LogP contribution in [0.25, 0.3) is 0 Å². The van der Waals surface area contributed by atoms with E-state index in [-0.39, 0.29) is 0 Å². The third kappa shape index (κ3) is 18.3. The van der Waals surface area contributed by atoms with E-state index in [9.17, 15) is 0 Å². The molecule has 0 aliphatic heterocycles. The molecule has 0 radical (unpaired) electrons. The fraction of sp³-hybridized carbons (Fsp3) is 0.800. The van der Waals surface area contributed by atoms with Crippen molar-refractivity contribution < 1.29 is 5.21 Å². The number of nitrogens with zero attached hydrogens (tertiary/aromatic N) is 1. The van der Waals surface area contributed by atoms with Crippen LogP contribution in [0.5, 0.6) is 0 Å². The highest BCUT2D eigenvalue weighted by Gasteiger charge is 1.94. The second-order valence-electron chi connectivity index (χ2n) is 3.45. The van der Waals surface area contributed by atoms with Gasteiger partial charge in [-0.1, -0.05) is 31.9 Å². The molecule has 0 amide bonds. The lowest BCUT2D eigenvalue weighted by Crippen LogP contribution is -1.89. The molecule has 1 N–H and O–H groups in total. The number of rotatable bonds is 4. The molecular formula is C10H21NO2. The minimum atomic E-state index is 0.899. The van der Waals surface area contributed by atoms with Gasteiger partial charge in [-0.25, -0.2) is 0 Å². The van der Waals surface area contributed by atoms with Gasteiger partial charge in [0.2, 0.25) is 0 Å². The van der Waals surface area contributed by atoms with Gasteiger partial charge in [-0.15, -0.1) is 4.91 Å². The van der Waals surface area contributed by atoms with Crippen LogP contribution in [0.15, 0.2) is 17.0 Å². The zero-order valence-corrected chi connectivity index (χ0v) is 9.08. The summed E-state index contributed by atoms with van der Waals surface area (Å²) in [5.74, 6) is 0.899. The number of hydrogen-bond donors (Lipinski definition) is 1. The first-order chi connectivity index (χ1) is 6.08. The molecule has 78 valence electrons. The molecule has 0 aromatic heterocycles. The SMILES string of the molecule is CCC(C)CCC=C(C)C.O=NO. The summed E-state index contributed by atoms with van der Waals surface area (Å²) in [4.78, 5) is 8.11. The van der Waals surface area contributed by atoms with Gasteiger partial charge in [0.05, 0.1) is 0 Å². The van der Waals surface area contributed by atoms with Gasteiger partial charge >= 0.3 is 0 Å². The Morgan fingerprint density at radius 2 is 2.00 bits per heavy atom. The van der Waals surface area contributed by atoms with Crippen molar-refractivity contribution in [3.8, 4) is 0 Å². The summed E-state index contributed by atoms with van der Waals surface area (Å²) in [7, 11) is 0. The van der Waals surface area contributed by atoms with Gasteiger partial charge in [-0.2, -0.15) is 0 Å². The van der Waals surface area contributed by atoms with Crippen molar-refractivity contribution in [1.29, 1.82) is 0 Å². The summed E-state index contributed by atoms with van der Waals surface area (Å²) < 4.78 is 0. The Morgan fingerprint density at radius 1 is 1.54 bits per heavy atom. The molecule has 1 atom stereocenters. The molecule has 0 aromatic rings. The first-order valence-corrected chi connectivity index (χ1v) is 4.68. The average molecular weight is 187 g/mol. The highest BCUT2D eigenvalue weighted by atomic mass is 16.6. The van der Waals surface area contributed by atoms with E-state index in [1.165, 1.54) is 30.2 Å². The molecule has 0 rings (SSSR count). The number of hydrogen-bond acceptors (Lipinski definition) is 2. The van der Waals surface area contributed by atoms with Crippen molar-refractivity contribution in [2.75, 3.05) is 0 Å². The third-order valence-corrected chi connectivity index (χ3v) is 1.91. The topological polar surface area (TPSA) is 49.7 Å². The van der Waals surface area contributed by atoms with E-state index < -0.39 is 0 Å². The van der Waals surface area contributed by atoms with Crippen molar-refractivity contribution >= 4 is 0 Å². The lowest BCUT2D eigenvalue weighted by Gasteiger charge is -2.04. The van der Waals surface area contributed by atoms with Gasteiger partial charge in [0.15, 0.2) is 5.34 Å². The Kier molecular flexibility index (Phi) is 12.6. The maximum absolute atomic E-state index is 8.11. The summed E-state index contributed by atoms with van der Waals surface area (Å²) in [6, 6.07) is 0. The largest absolute Gasteiger partial charge is 0.379 e. The molecule has 13 heavy (non-hydrogen) atoms. The minimum Gasteiger partial charge on any atom is -0.379 e. The Labute approximate surface area is 80.8 Å². The van der Waals surface area contributed by atoms with E-state index in [0.29, 0.717) is 0 Å². The molecule has 0 saturated carbocycles. The number of allylic oxidation sites excluding steroid dienone is 2. The van der Waals surface area contributed by atoms with Gasteiger partial charge in [0.1, 0.15) is 0 Å². The van der Waals surface area contributed by atoms with Crippen LogP contribution in [0.4, 0.5) is 0 Å². The van der Waals surface area contributed by atoms with Crippen molar-refractivity contribution in [2.45, 2.75) is 47.0 Å². The Balaban J connectivity index is 0. The van der Waals surface area contributed by atoms with Gasteiger partial charge in [0, 0.05) is 0 Å². The second kappa shape index (κ2) is 11.1. The standard InChI is InChI=1S/C10H20.HNO2/c1-5-10(4)8-6-7-9(2)3;2-1-3/h7,10H,5-6,8H2,1-4H3;(H,2,3). The quantitative estimate of drug-likeness (QED) is 0.412. The predicted molar refractivity (Wildman–Crippen MR) is 55.7 cm³/mol. The zero-order chi connectivity index (χ0) is 10.7. The normalized spacial score (nSPS) is 10.8. The van der Waals surface area contributed by atoms with Crippen LogP contribution in [0.3, 0.4) is 0 Å². The summed E-state index contributed by atoms with van der Waals surface area (Å²) >= 11 is 0. The van der Waals surface area contributed by atoms with Crippen molar-refractivity contribution in [1.82, 2.24) is 0 Å². The fourth-order valence-corrected chi connectivity index (χ4v) is 0.861. The smallest absolute Gasteiger partial charge is 0.152 e. The lowest BCUT2D eigenvalue weighted by molar-refractivity contribution is 0.312. The zero-order valence-electron chi connectivity index (χ0n) is 9.08. The van der Waals surface area contributed by atoms with Crippen molar-refractivity contribution in [3.05, 3.63) is 16.6 Å². The van der Waals surface area contributed by atoms with Gasteiger partial charge in [0.25, 0.3) is 0 Å². The molecule has 0 bridgehead atoms. The van der Waals surface area contributed by atoms with Gasteiger partial charge in [-0.05, 0) is 32.6 Å². The van der Waals surface area contributed by atoms with Gasteiger partial charge < -0.3 is 5.21 Å². The Hall–Kier alpha value is -0.860. The van der Waals surface area contributed by atoms with E-state index in [2.05, 4.69) is 33.8 Å². The molecular weight excluding hydrogens is 166 g/mol. The Morgan fingerprint density at radius 3 is 2.31 bits per heavy atom. The van der Waals surface area contributed by atoms with Crippen LogP contribution in [0, 0.1) is 10.8 Å². The van der Waals surface area contributed by atoms with Crippen LogP contribution in [-0.2, 0) is 0 Å². The third-order valence-electron chi connectivity index (χ3n) is 1.91. The molecule has 0 fully saturated rings. The molecule has 0 saturated heterocycles. The molecule has 0 aromatic carbocycles. The van der Waals surface area contributed by atoms with Crippen molar-refractivity contribution in [2.24, 2.45) is 11.3 Å². The molecule has 1 unspecified atom stereocenters. The molecule has 0 heterocycles. The van der Waals surface area contributed by atoms with Gasteiger partial charge in [-0.3, -0.25) is 0 Å². The van der Waals surface area contributed by atoms with Crippen molar-refractivity contribution in [3.63, 3.8) is 0 Å². The first kappa shape index (κ1) is 14.7. The van der Waals surface area contributed by atoms with E-state index in [4.69, 9.17) is 10.1 Å². The van der Waals surface area contributed by atoms with E-state index >= 15 is 0 Å². The van der Waals surface area contributed by atoms with Crippen LogP contribution in [0.1, 0.15) is 47.0 Å². The minimum absolute atomic E-state index is 0.899. The maximum Gasteiger partial charge on any atom is 0.152 e. The summed E-state index contributed by atoms with van der Waals surface area (Å²) in [5, 5.41) is 7.89. The highest BCUT2D eigenvalue weighted by molar-refractivity contribution is 4.92. The summed E-state index contributed by atoms with van der Waals surface area (Å²) in [5.41, 5.74) is 1.45. The van der Waals surface area contributed by atoms with E-state index in [0.717, 1.165) is 5.92 Å². The van der Waals surface area contributed by atoms with Crippen LogP contribution >= 0.6 is 0 Å². The predicted octanol–water partition coefficient (Wildman–Crippen LogP) is 3.92. The summed E-state index contributed by atoms with van der Waals surface area (Å²) in [6.45, 7) is 8.90. The molecule has 0 aliphatic rings. The summed E-state index contributed by atoms with van der Waals surface area (Å²) in [6.07, 6.45) is 6.25. The first-order valence-electron chi connectivity index (χ1n) is 4.68. The van der Waals surface area contributed by atoms with E-state index in [1.54, 1.807) is 0 Å². The molecule has 3 heteroatoms. The van der Waals surface area contributed by atoms with E-state index in [1.807, 2.05) is 0 Å². The monoisotopic (exact) mass is 187 g/mol. The molecule has 0 aliphatic carbocycles. The second-order valence-corrected chi connectivity index (χ2v) is 3.45. The fourth-order valence-electron chi connectivity index (χ4n) is 0.861. The highest BCUT2D eigenvalue weighted by Crippen LogP contribution is 2.10. The van der Waals surface area contributed by atoms with Crippen LogP contribution < -0.4 is 0 Å². The Bertz CT molecular complexity index is 140. The average Bonchev–Trinajstić information content (AvgIpc) is 2.05. The molecule has 0 spiro atoms. The lowest BCUT2D eigenvalue weighted by atomic mass is 10.0. The molecule has 3 nitrogen and oxygen atoms in total.